The van der Waals surface area contributed by atoms with Crippen LogP contribution in [0.1, 0.15) is 31.9 Å². The second kappa shape index (κ2) is 11.0. The Morgan fingerprint density at radius 1 is 1.04 bits per heavy atom. The molecule has 6 heteroatoms. The normalized spacial score (nSPS) is 16.2. The average molecular weight is 365 g/mol. The number of halogens is 2. The first kappa shape index (κ1) is 22.3. The second-order valence-electron chi connectivity index (χ2n) is 6.01. The van der Waals surface area contributed by atoms with E-state index in [0.717, 1.165) is 44.1 Å². The number of ether oxygens (including phenoxy) is 2. The number of nitrogens with zero attached hydrogens (tertiary/aromatic N) is 1. The first-order chi connectivity index (χ1) is 10.2. The Kier molecular flexibility index (Phi) is 10.7. The Hall–Kier alpha value is -0.680. The van der Waals surface area contributed by atoms with Gasteiger partial charge in [-0.25, -0.2) is 0 Å². The van der Waals surface area contributed by atoms with E-state index in [1.807, 2.05) is 18.2 Å². The van der Waals surface area contributed by atoms with Crippen molar-refractivity contribution in [1.82, 2.24) is 10.2 Å². The van der Waals surface area contributed by atoms with Crippen LogP contribution >= 0.6 is 24.8 Å². The fraction of sp³-hybridized carbons (Fsp3) is 0.647. The van der Waals surface area contributed by atoms with Gasteiger partial charge in [0.05, 0.1) is 19.8 Å². The SMILES string of the molecule is COc1cccc(OC)c1[C@@H](CC(C)C)N1CCNCC1.Cl.Cl. The third-order valence-electron chi connectivity index (χ3n) is 4.09. The molecular weight excluding hydrogens is 335 g/mol. The van der Waals surface area contributed by atoms with Crippen LogP contribution in [0.25, 0.3) is 0 Å². The first-order valence-corrected chi connectivity index (χ1v) is 7.83. The van der Waals surface area contributed by atoms with Gasteiger partial charge in [-0.15, -0.1) is 24.8 Å². The van der Waals surface area contributed by atoms with Gasteiger partial charge in [-0.2, -0.15) is 0 Å². The Morgan fingerprint density at radius 2 is 1.57 bits per heavy atom. The summed E-state index contributed by atoms with van der Waals surface area (Å²) in [7, 11) is 3.48. The molecule has 1 aliphatic heterocycles. The van der Waals surface area contributed by atoms with Gasteiger partial charge in [0, 0.05) is 32.2 Å². The van der Waals surface area contributed by atoms with Crippen LogP contribution in [0.15, 0.2) is 18.2 Å². The summed E-state index contributed by atoms with van der Waals surface area (Å²) in [6, 6.07) is 6.41. The lowest BCUT2D eigenvalue weighted by atomic mass is 9.93. The van der Waals surface area contributed by atoms with E-state index in [0.29, 0.717) is 12.0 Å². The highest BCUT2D eigenvalue weighted by molar-refractivity contribution is 5.85. The molecule has 0 spiro atoms. The van der Waals surface area contributed by atoms with Gasteiger partial charge in [0.15, 0.2) is 0 Å². The summed E-state index contributed by atoms with van der Waals surface area (Å²) >= 11 is 0. The van der Waals surface area contributed by atoms with Crippen LogP contribution in [0.5, 0.6) is 11.5 Å². The molecule has 1 aromatic carbocycles. The summed E-state index contributed by atoms with van der Waals surface area (Å²) in [5.74, 6) is 2.48. The molecule has 1 heterocycles. The molecule has 0 aromatic heterocycles. The second-order valence-corrected chi connectivity index (χ2v) is 6.01. The Morgan fingerprint density at radius 3 is 2.00 bits per heavy atom. The van der Waals surface area contributed by atoms with Crippen molar-refractivity contribution >= 4 is 24.8 Å². The zero-order valence-electron chi connectivity index (χ0n) is 14.5. The van der Waals surface area contributed by atoms with Gasteiger partial charge in [-0.3, -0.25) is 4.90 Å². The average Bonchev–Trinajstić information content (AvgIpc) is 2.52. The van der Waals surface area contributed by atoms with Gasteiger partial charge in [-0.1, -0.05) is 19.9 Å². The topological polar surface area (TPSA) is 33.7 Å². The minimum absolute atomic E-state index is 0. The lowest BCUT2D eigenvalue weighted by molar-refractivity contribution is 0.148. The molecule has 0 aliphatic carbocycles. The number of rotatable bonds is 6. The molecule has 4 nitrogen and oxygen atoms in total. The molecule has 1 atom stereocenters. The van der Waals surface area contributed by atoms with Gasteiger partial charge >= 0.3 is 0 Å². The van der Waals surface area contributed by atoms with E-state index in [9.17, 15) is 0 Å². The molecule has 0 amide bonds. The van der Waals surface area contributed by atoms with Crippen molar-refractivity contribution in [2.45, 2.75) is 26.3 Å². The maximum Gasteiger partial charge on any atom is 0.127 e. The largest absolute Gasteiger partial charge is 0.496 e. The summed E-state index contributed by atoms with van der Waals surface area (Å²) in [6.45, 7) is 8.78. The molecule has 2 rings (SSSR count). The highest BCUT2D eigenvalue weighted by Crippen LogP contribution is 2.40. The molecule has 134 valence electrons. The fourth-order valence-corrected chi connectivity index (χ4v) is 3.10. The molecule has 1 N–H and O–H groups in total. The van der Waals surface area contributed by atoms with Crippen LogP contribution in [0.4, 0.5) is 0 Å². The van der Waals surface area contributed by atoms with E-state index < -0.39 is 0 Å². The minimum atomic E-state index is 0. The van der Waals surface area contributed by atoms with Crippen LogP contribution in [0.2, 0.25) is 0 Å². The molecule has 1 fully saturated rings. The molecular formula is C17H30Cl2N2O2. The number of piperazine rings is 1. The monoisotopic (exact) mass is 364 g/mol. The fourth-order valence-electron chi connectivity index (χ4n) is 3.10. The summed E-state index contributed by atoms with van der Waals surface area (Å²) in [6.07, 6.45) is 1.11. The predicted octanol–water partition coefficient (Wildman–Crippen LogP) is 3.54. The molecule has 0 radical (unpaired) electrons. The Labute approximate surface area is 152 Å². The van der Waals surface area contributed by atoms with E-state index in [4.69, 9.17) is 9.47 Å². The van der Waals surface area contributed by atoms with Crippen molar-refractivity contribution < 1.29 is 9.47 Å². The van der Waals surface area contributed by atoms with E-state index in [1.165, 1.54) is 5.56 Å². The lowest BCUT2D eigenvalue weighted by Gasteiger charge is -2.37. The summed E-state index contributed by atoms with van der Waals surface area (Å²) in [4.78, 5) is 2.55. The number of nitrogens with one attached hydrogen (secondary N) is 1. The zero-order valence-corrected chi connectivity index (χ0v) is 16.1. The van der Waals surface area contributed by atoms with E-state index >= 15 is 0 Å². The molecule has 1 aliphatic rings. The van der Waals surface area contributed by atoms with E-state index in [1.54, 1.807) is 14.2 Å². The van der Waals surface area contributed by atoms with Crippen molar-refractivity contribution in [1.29, 1.82) is 0 Å². The van der Waals surface area contributed by atoms with Crippen molar-refractivity contribution in [3.8, 4) is 11.5 Å². The summed E-state index contributed by atoms with van der Waals surface area (Å²) in [5, 5.41) is 3.43. The molecule has 0 saturated carbocycles. The lowest BCUT2D eigenvalue weighted by Crippen LogP contribution is -2.45. The van der Waals surface area contributed by atoms with Gasteiger partial charge in [-0.05, 0) is 24.5 Å². The number of hydrogen-bond acceptors (Lipinski definition) is 4. The van der Waals surface area contributed by atoms with E-state index in [-0.39, 0.29) is 24.8 Å². The molecule has 1 saturated heterocycles. The van der Waals surface area contributed by atoms with Crippen molar-refractivity contribution in [3.05, 3.63) is 23.8 Å². The standard InChI is InChI=1S/C17H28N2O2.2ClH/c1-13(2)12-14(19-10-8-18-9-11-19)17-15(20-3)6-5-7-16(17)21-4;;/h5-7,13-14,18H,8-12H2,1-4H3;2*1H/t14-;;/m1../s1. The van der Waals surface area contributed by atoms with Gasteiger partial charge in [0.1, 0.15) is 11.5 Å². The van der Waals surface area contributed by atoms with Crippen molar-refractivity contribution in [2.75, 3.05) is 40.4 Å². The van der Waals surface area contributed by atoms with Crippen LogP contribution in [0.3, 0.4) is 0 Å². The van der Waals surface area contributed by atoms with Crippen LogP contribution in [-0.4, -0.2) is 45.3 Å². The highest BCUT2D eigenvalue weighted by atomic mass is 35.5. The molecule has 1 aromatic rings. The Balaban J connectivity index is 0.00000242. The number of hydrogen-bond donors (Lipinski definition) is 1. The predicted molar refractivity (Wildman–Crippen MR) is 101 cm³/mol. The van der Waals surface area contributed by atoms with Gasteiger partial charge in [0.25, 0.3) is 0 Å². The van der Waals surface area contributed by atoms with Crippen molar-refractivity contribution in [2.24, 2.45) is 5.92 Å². The van der Waals surface area contributed by atoms with Crippen LogP contribution in [0, 0.1) is 5.92 Å². The summed E-state index contributed by atoms with van der Waals surface area (Å²) < 4.78 is 11.2. The van der Waals surface area contributed by atoms with Gasteiger partial charge in [0.2, 0.25) is 0 Å². The quantitative estimate of drug-likeness (QED) is 0.836. The molecule has 0 unspecified atom stereocenters. The highest BCUT2D eigenvalue weighted by Gasteiger charge is 2.28. The molecule has 23 heavy (non-hydrogen) atoms. The van der Waals surface area contributed by atoms with Gasteiger partial charge < -0.3 is 14.8 Å². The van der Waals surface area contributed by atoms with E-state index in [2.05, 4.69) is 24.1 Å². The van der Waals surface area contributed by atoms with Crippen LogP contribution in [-0.2, 0) is 0 Å². The number of methoxy groups -OCH3 is 2. The smallest absolute Gasteiger partial charge is 0.127 e. The Bertz CT molecular complexity index is 430. The maximum absolute atomic E-state index is 5.62. The minimum Gasteiger partial charge on any atom is -0.496 e. The summed E-state index contributed by atoms with van der Waals surface area (Å²) in [5.41, 5.74) is 1.19. The number of benzene rings is 1. The maximum atomic E-state index is 5.62. The molecule has 0 bridgehead atoms. The third-order valence-corrected chi connectivity index (χ3v) is 4.09. The third kappa shape index (κ3) is 5.71. The van der Waals surface area contributed by atoms with Crippen molar-refractivity contribution in [3.63, 3.8) is 0 Å². The first-order valence-electron chi connectivity index (χ1n) is 7.83. The zero-order chi connectivity index (χ0) is 15.2. The van der Waals surface area contributed by atoms with Crippen LogP contribution < -0.4 is 14.8 Å².